The first kappa shape index (κ1) is 28.0. The highest BCUT2D eigenvalue weighted by Crippen LogP contribution is 2.29. The Morgan fingerprint density at radius 2 is 0.643 bits per heavy atom. The van der Waals surface area contributed by atoms with Crippen LogP contribution in [-0.4, -0.2) is 0 Å². The van der Waals surface area contributed by atoms with Gasteiger partial charge in [0.1, 0.15) is 0 Å². The van der Waals surface area contributed by atoms with E-state index in [1.807, 2.05) is 0 Å². The Morgan fingerprint density at radius 3 is 1.00 bits per heavy atom. The van der Waals surface area contributed by atoms with Crippen LogP contribution in [0.1, 0.15) is 169 Å². The van der Waals surface area contributed by atoms with Gasteiger partial charge in [0.25, 0.3) is 0 Å². The number of hydrogen-bond acceptors (Lipinski definition) is 0. The van der Waals surface area contributed by atoms with Gasteiger partial charge in [-0.2, -0.15) is 0 Å². The summed E-state index contributed by atoms with van der Waals surface area (Å²) < 4.78 is 0. The standard InChI is InChI=1S/C28H58/c1-5-8-11-14-17-20-23-26-28(25-22-19-16-13-10-7-3)27(4)24-21-18-15-12-9-6-2/h27-28H,5-26H2,1-4H3. The van der Waals surface area contributed by atoms with Crippen molar-refractivity contribution in [3.05, 3.63) is 0 Å². The van der Waals surface area contributed by atoms with E-state index in [1.165, 1.54) is 141 Å². The van der Waals surface area contributed by atoms with Gasteiger partial charge in [0.2, 0.25) is 0 Å². The maximum atomic E-state index is 2.58. The van der Waals surface area contributed by atoms with Gasteiger partial charge in [0, 0.05) is 0 Å². The van der Waals surface area contributed by atoms with E-state index in [9.17, 15) is 0 Å². The van der Waals surface area contributed by atoms with Gasteiger partial charge >= 0.3 is 0 Å². The lowest BCUT2D eigenvalue weighted by Crippen LogP contribution is -2.12. The van der Waals surface area contributed by atoms with Crippen LogP contribution in [0.15, 0.2) is 0 Å². The van der Waals surface area contributed by atoms with Crippen molar-refractivity contribution in [3.63, 3.8) is 0 Å². The first-order valence-corrected chi connectivity index (χ1v) is 13.8. The molecule has 0 aromatic carbocycles. The first-order valence-electron chi connectivity index (χ1n) is 13.8. The van der Waals surface area contributed by atoms with Crippen molar-refractivity contribution in [2.75, 3.05) is 0 Å². The summed E-state index contributed by atoms with van der Waals surface area (Å²) in [5, 5.41) is 0. The summed E-state index contributed by atoms with van der Waals surface area (Å²) in [6.45, 7) is 9.54. The van der Waals surface area contributed by atoms with Crippen LogP contribution in [0.5, 0.6) is 0 Å². The van der Waals surface area contributed by atoms with E-state index < -0.39 is 0 Å². The van der Waals surface area contributed by atoms with Crippen LogP contribution in [0.2, 0.25) is 0 Å². The molecular weight excluding hydrogens is 336 g/mol. The Labute approximate surface area is 181 Å². The van der Waals surface area contributed by atoms with Crippen LogP contribution in [0, 0.1) is 11.8 Å². The van der Waals surface area contributed by atoms with Gasteiger partial charge in [-0.3, -0.25) is 0 Å². The van der Waals surface area contributed by atoms with Gasteiger partial charge in [0.15, 0.2) is 0 Å². The molecule has 0 nitrogen and oxygen atoms in total. The molecule has 0 amide bonds. The smallest absolute Gasteiger partial charge is 0.0388 e. The van der Waals surface area contributed by atoms with Gasteiger partial charge in [-0.05, 0) is 11.8 Å². The highest BCUT2D eigenvalue weighted by atomic mass is 14.2. The molecule has 0 saturated carbocycles. The van der Waals surface area contributed by atoms with Crippen LogP contribution >= 0.6 is 0 Å². The van der Waals surface area contributed by atoms with Crippen LogP contribution < -0.4 is 0 Å². The molecule has 0 rings (SSSR count). The predicted molar refractivity (Wildman–Crippen MR) is 131 cm³/mol. The molecule has 2 unspecified atom stereocenters. The van der Waals surface area contributed by atoms with Crippen LogP contribution in [0.25, 0.3) is 0 Å². The molecule has 0 aromatic heterocycles. The van der Waals surface area contributed by atoms with Crippen molar-refractivity contribution in [1.29, 1.82) is 0 Å². The third-order valence-electron chi connectivity index (χ3n) is 6.92. The maximum absolute atomic E-state index is 2.58. The molecule has 0 aliphatic carbocycles. The predicted octanol–water partition coefficient (Wildman–Crippen LogP) is 10.9. The monoisotopic (exact) mass is 394 g/mol. The quantitative estimate of drug-likeness (QED) is 0.151. The van der Waals surface area contributed by atoms with Gasteiger partial charge in [-0.15, -0.1) is 0 Å². The van der Waals surface area contributed by atoms with Gasteiger partial charge < -0.3 is 0 Å². The van der Waals surface area contributed by atoms with Gasteiger partial charge in [0.05, 0.1) is 0 Å². The van der Waals surface area contributed by atoms with E-state index >= 15 is 0 Å². The number of unbranched alkanes of at least 4 members (excludes halogenated alkanes) is 16. The first-order chi connectivity index (χ1) is 13.8. The van der Waals surface area contributed by atoms with Crippen molar-refractivity contribution in [1.82, 2.24) is 0 Å². The normalized spacial score (nSPS) is 13.7. The maximum Gasteiger partial charge on any atom is -0.0388 e. The van der Waals surface area contributed by atoms with E-state index in [-0.39, 0.29) is 0 Å². The van der Waals surface area contributed by atoms with E-state index in [0.717, 1.165) is 11.8 Å². The summed E-state index contributed by atoms with van der Waals surface area (Å²) in [5.74, 6) is 1.97. The molecule has 0 heteroatoms. The minimum atomic E-state index is 0.960. The van der Waals surface area contributed by atoms with Crippen molar-refractivity contribution < 1.29 is 0 Å². The molecule has 0 aliphatic rings. The average molecular weight is 395 g/mol. The Balaban J connectivity index is 4.00. The zero-order valence-electron chi connectivity index (χ0n) is 20.7. The zero-order valence-corrected chi connectivity index (χ0v) is 20.7. The zero-order chi connectivity index (χ0) is 20.7. The average Bonchev–Trinajstić information content (AvgIpc) is 2.70. The summed E-state index contributed by atoms with van der Waals surface area (Å²) in [6.07, 6.45) is 32.2. The number of rotatable bonds is 23. The van der Waals surface area contributed by atoms with E-state index in [4.69, 9.17) is 0 Å². The Bertz CT molecular complexity index is 269. The minimum absolute atomic E-state index is 0.960. The number of hydrogen-bond donors (Lipinski definition) is 0. The fourth-order valence-corrected chi connectivity index (χ4v) is 4.75. The fourth-order valence-electron chi connectivity index (χ4n) is 4.75. The van der Waals surface area contributed by atoms with Crippen LogP contribution in [0.3, 0.4) is 0 Å². The third kappa shape index (κ3) is 19.3. The van der Waals surface area contributed by atoms with Crippen molar-refractivity contribution in [2.45, 2.75) is 169 Å². The molecular formula is C28H58. The highest BCUT2D eigenvalue weighted by Gasteiger charge is 2.16. The molecule has 170 valence electrons. The molecule has 0 aromatic rings. The largest absolute Gasteiger partial charge is 0.0654 e. The third-order valence-corrected chi connectivity index (χ3v) is 6.92. The second-order valence-electron chi connectivity index (χ2n) is 9.76. The van der Waals surface area contributed by atoms with Gasteiger partial charge in [-0.1, -0.05) is 169 Å². The summed E-state index contributed by atoms with van der Waals surface area (Å²) in [7, 11) is 0. The summed E-state index contributed by atoms with van der Waals surface area (Å²) in [4.78, 5) is 0. The molecule has 0 N–H and O–H groups in total. The fraction of sp³-hybridized carbons (Fsp3) is 1.00. The molecule has 0 heterocycles. The highest BCUT2D eigenvalue weighted by molar-refractivity contribution is 4.68. The molecule has 2 atom stereocenters. The molecule has 0 fully saturated rings. The topological polar surface area (TPSA) is 0 Å². The molecule has 28 heavy (non-hydrogen) atoms. The van der Waals surface area contributed by atoms with E-state index in [2.05, 4.69) is 27.7 Å². The second kappa shape index (κ2) is 23.3. The SMILES string of the molecule is CCCCCCCCCC(CCCCCCCC)C(C)CCCCCCCC. The Hall–Kier alpha value is 0. The van der Waals surface area contributed by atoms with Crippen LogP contribution in [0.4, 0.5) is 0 Å². The van der Waals surface area contributed by atoms with Crippen molar-refractivity contribution in [2.24, 2.45) is 11.8 Å². The van der Waals surface area contributed by atoms with Crippen molar-refractivity contribution >= 4 is 0 Å². The lowest BCUT2D eigenvalue weighted by molar-refractivity contribution is 0.274. The summed E-state index contributed by atoms with van der Waals surface area (Å²) >= 11 is 0. The molecule has 0 aliphatic heterocycles. The summed E-state index contributed by atoms with van der Waals surface area (Å²) in [5.41, 5.74) is 0. The van der Waals surface area contributed by atoms with E-state index in [1.54, 1.807) is 0 Å². The van der Waals surface area contributed by atoms with Gasteiger partial charge in [-0.25, -0.2) is 0 Å². The Kier molecular flexibility index (Phi) is 23.3. The summed E-state index contributed by atoms with van der Waals surface area (Å²) in [6, 6.07) is 0. The van der Waals surface area contributed by atoms with E-state index in [0.29, 0.717) is 0 Å². The molecule has 0 radical (unpaired) electrons. The van der Waals surface area contributed by atoms with Crippen LogP contribution in [-0.2, 0) is 0 Å². The lowest BCUT2D eigenvalue weighted by atomic mass is 9.82. The Morgan fingerprint density at radius 1 is 0.357 bits per heavy atom. The second-order valence-corrected chi connectivity index (χ2v) is 9.76. The molecule has 0 bridgehead atoms. The lowest BCUT2D eigenvalue weighted by Gasteiger charge is -2.24. The van der Waals surface area contributed by atoms with Crippen molar-refractivity contribution in [3.8, 4) is 0 Å². The molecule has 0 spiro atoms. The molecule has 0 saturated heterocycles. The minimum Gasteiger partial charge on any atom is -0.0654 e.